The summed E-state index contributed by atoms with van der Waals surface area (Å²) in [6, 6.07) is 4.53. The molecule has 0 aliphatic carbocycles. The first-order valence-electron chi connectivity index (χ1n) is 4.74. The highest BCUT2D eigenvalue weighted by atomic mass is 16.3. The highest BCUT2D eigenvalue weighted by Gasteiger charge is 2.08. The molecule has 2 rings (SSSR count). The van der Waals surface area contributed by atoms with Crippen LogP contribution in [0.4, 0.5) is 0 Å². The molecule has 0 saturated heterocycles. The van der Waals surface area contributed by atoms with Gasteiger partial charge in [0.1, 0.15) is 5.75 Å². The van der Waals surface area contributed by atoms with Crippen LogP contribution in [0.5, 0.6) is 5.75 Å². The number of para-hydroxylation sites is 1. The van der Waals surface area contributed by atoms with Crippen LogP contribution in [0.2, 0.25) is 0 Å². The van der Waals surface area contributed by atoms with E-state index in [1.165, 1.54) is 6.07 Å². The molecule has 0 fully saturated rings. The summed E-state index contributed by atoms with van der Waals surface area (Å²) in [5.41, 5.74) is -0.804. The van der Waals surface area contributed by atoms with Crippen LogP contribution in [0.25, 0.3) is 10.9 Å². The quantitative estimate of drug-likeness (QED) is 0.642. The molecule has 6 heteroatoms. The number of rotatable bonds is 2. The molecule has 84 valence electrons. The van der Waals surface area contributed by atoms with Crippen molar-refractivity contribution in [3.63, 3.8) is 0 Å². The number of nitrogens with zero attached hydrogens (tertiary/aromatic N) is 1. The van der Waals surface area contributed by atoms with Crippen LogP contribution in [-0.4, -0.2) is 21.7 Å². The largest absolute Gasteiger partial charge is 0.506 e. The Kier molecular flexibility index (Phi) is 2.49. The summed E-state index contributed by atoms with van der Waals surface area (Å²) >= 11 is 0. The summed E-state index contributed by atoms with van der Waals surface area (Å²) < 4.78 is 1.03. The molecule has 1 heterocycles. The molecule has 0 radical (unpaired) electrons. The lowest BCUT2D eigenvalue weighted by Gasteiger charge is -2.05. The average Bonchev–Trinajstić information content (AvgIpc) is 2.26. The van der Waals surface area contributed by atoms with Crippen molar-refractivity contribution in [3.8, 4) is 5.75 Å². The zero-order valence-electron chi connectivity index (χ0n) is 8.65. The van der Waals surface area contributed by atoms with Crippen LogP contribution in [0.3, 0.4) is 0 Å². The summed E-state index contributed by atoms with van der Waals surface area (Å²) in [6.07, 6.45) is 0. The fourth-order valence-electron chi connectivity index (χ4n) is 1.56. The predicted molar refractivity (Wildman–Crippen MR) is 59.6 cm³/mol. The standard InChI is InChI=1S/C10H11N3O3/c1-11-5-13-9(15)6-3-2-4-7(14)8(6)12-10(13)16/h2-4,11,14H,5H2,1H3,(H,12,16). The van der Waals surface area contributed by atoms with Crippen LogP contribution >= 0.6 is 0 Å². The average molecular weight is 221 g/mol. The maximum absolute atomic E-state index is 11.9. The van der Waals surface area contributed by atoms with Crippen LogP contribution < -0.4 is 16.6 Å². The number of benzene rings is 1. The number of phenols is 1. The molecule has 0 atom stereocenters. The molecule has 0 aliphatic heterocycles. The van der Waals surface area contributed by atoms with Gasteiger partial charge in [-0.2, -0.15) is 0 Å². The Morgan fingerprint density at radius 2 is 2.19 bits per heavy atom. The monoisotopic (exact) mass is 221 g/mol. The zero-order valence-corrected chi connectivity index (χ0v) is 8.65. The molecule has 16 heavy (non-hydrogen) atoms. The Balaban J connectivity index is 2.90. The van der Waals surface area contributed by atoms with Crippen molar-refractivity contribution in [2.45, 2.75) is 6.67 Å². The van der Waals surface area contributed by atoms with E-state index in [-0.39, 0.29) is 23.3 Å². The lowest BCUT2D eigenvalue weighted by molar-refractivity contribution is 0.479. The highest BCUT2D eigenvalue weighted by Crippen LogP contribution is 2.17. The van der Waals surface area contributed by atoms with E-state index in [1.807, 2.05) is 0 Å². The number of nitrogens with one attached hydrogen (secondary N) is 2. The fraction of sp³-hybridized carbons (Fsp3) is 0.200. The summed E-state index contributed by atoms with van der Waals surface area (Å²) in [4.78, 5) is 25.9. The van der Waals surface area contributed by atoms with Crippen LogP contribution in [-0.2, 0) is 6.67 Å². The molecule has 1 aromatic carbocycles. The number of phenolic OH excluding ortho intramolecular Hbond substituents is 1. The van der Waals surface area contributed by atoms with Crippen molar-refractivity contribution < 1.29 is 5.11 Å². The summed E-state index contributed by atoms with van der Waals surface area (Å²) in [5.74, 6) is -0.108. The molecule has 6 nitrogen and oxygen atoms in total. The van der Waals surface area contributed by atoms with Gasteiger partial charge < -0.3 is 15.4 Å². The van der Waals surface area contributed by atoms with Crippen molar-refractivity contribution >= 4 is 10.9 Å². The molecule has 2 aromatic rings. The fourth-order valence-corrected chi connectivity index (χ4v) is 1.56. The van der Waals surface area contributed by atoms with Crippen molar-refractivity contribution in [2.75, 3.05) is 7.05 Å². The lowest BCUT2D eigenvalue weighted by Crippen LogP contribution is -2.38. The van der Waals surface area contributed by atoms with E-state index in [0.29, 0.717) is 0 Å². The molecule has 1 aromatic heterocycles. The van der Waals surface area contributed by atoms with Gasteiger partial charge in [0.2, 0.25) is 0 Å². The van der Waals surface area contributed by atoms with E-state index in [1.54, 1.807) is 19.2 Å². The minimum atomic E-state index is -0.548. The Morgan fingerprint density at radius 1 is 1.44 bits per heavy atom. The van der Waals surface area contributed by atoms with Gasteiger partial charge in [-0.05, 0) is 19.2 Å². The van der Waals surface area contributed by atoms with E-state index in [0.717, 1.165) is 4.57 Å². The van der Waals surface area contributed by atoms with Crippen LogP contribution in [0, 0.1) is 0 Å². The van der Waals surface area contributed by atoms with E-state index >= 15 is 0 Å². The first kappa shape index (κ1) is 10.4. The predicted octanol–water partition coefficient (Wildman–Crippen LogP) is -0.428. The van der Waals surface area contributed by atoms with Gasteiger partial charge in [-0.1, -0.05) is 6.07 Å². The third-order valence-corrected chi connectivity index (χ3v) is 2.31. The Labute approximate surface area is 90.2 Å². The first-order valence-corrected chi connectivity index (χ1v) is 4.74. The minimum absolute atomic E-state index is 0.108. The second-order valence-corrected chi connectivity index (χ2v) is 3.37. The van der Waals surface area contributed by atoms with Gasteiger partial charge in [0.25, 0.3) is 5.56 Å². The number of aromatic amines is 1. The number of hydrogen-bond donors (Lipinski definition) is 3. The van der Waals surface area contributed by atoms with Crippen LogP contribution in [0.1, 0.15) is 0 Å². The Hall–Kier alpha value is -2.08. The molecule has 0 amide bonds. The van der Waals surface area contributed by atoms with E-state index in [9.17, 15) is 14.7 Å². The third-order valence-electron chi connectivity index (χ3n) is 2.31. The number of aromatic nitrogens is 2. The maximum Gasteiger partial charge on any atom is 0.330 e. The molecule has 0 unspecified atom stereocenters. The molecule has 0 spiro atoms. The number of fused-ring (bicyclic) bond motifs is 1. The maximum atomic E-state index is 11.9. The van der Waals surface area contributed by atoms with Gasteiger partial charge in [-0.15, -0.1) is 0 Å². The normalized spacial score (nSPS) is 10.8. The van der Waals surface area contributed by atoms with E-state index in [4.69, 9.17) is 0 Å². The van der Waals surface area contributed by atoms with Crippen molar-refractivity contribution in [1.82, 2.24) is 14.9 Å². The van der Waals surface area contributed by atoms with Gasteiger partial charge >= 0.3 is 5.69 Å². The second kappa shape index (κ2) is 3.82. The highest BCUT2D eigenvalue weighted by molar-refractivity contribution is 5.82. The first-order chi connectivity index (χ1) is 7.65. The van der Waals surface area contributed by atoms with Gasteiger partial charge in [0, 0.05) is 0 Å². The van der Waals surface area contributed by atoms with Gasteiger partial charge in [-0.25, -0.2) is 9.36 Å². The van der Waals surface area contributed by atoms with E-state index < -0.39 is 11.2 Å². The number of hydrogen-bond acceptors (Lipinski definition) is 4. The summed E-state index contributed by atoms with van der Waals surface area (Å²) in [7, 11) is 1.64. The summed E-state index contributed by atoms with van der Waals surface area (Å²) in [5, 5.41) is 12.5. The van der Waals surface area contributed by atoms with Gasteiger partial charge in [0.15, 0.2) is 0 Å². The Bertz CT molecular complexity index is 642. The van der Waals surface area contributed by atoms with Crippen molar-refractivity contribution in [1.29, 1.82) is 0 Å². The van der Waals surface area contributed by atoms with Crippen molar-refractivity contribution in [2.24, 2.45) is 0 Å². The molecular formula is C10H11N3O3. The lowest BCUT2D eigenvalue weighted by atomic mass is 10.2. The molecule has 3 N–H and O–H groups in total. The third kappa shape index (κ3) is 1.49. The topological polar surface area (TPSA) is 87.1 Å². The smallest absolute Gasteiger partial charge is 0.330 e. The van der Waals surface area contributed by atoms with Crippen LogP contribution in [0.15, 0.2) is 27.8 Å². The van der Waals surface area contributed by atoms with Gasteiger partial charge in [0.05, 0.1) is 17.6 Å². The second-order valence-electron chi connectivity index (χ2n) is 3.37. The SMILES string of the molecule is CNCn1c(=O)[nH]c2c(O)cccc2c1=O. The molecular weight excluding hydrogens is 210 g/mol. The minimum Gasteiger partial charge on any atom is -0.506 e. The summed E-state index contributed by atoms with van der Waals surface area (Å²) in [6.45, 7) is 0.125. The number of aromatic hydroxyl groups is 1. The Morgan fingerprint density at radius 3 is 2.88 bits per heavy atom. The zero-order chi connectivity index (χ0) is 11.7. The molecule has 0 bridgehead atoms. The number of H-pyrrole nitrogens is 1. The van der Waals surface area contributed by atoms with Gasteiger partial charge in [-0.3, -0.25) is 4.79 Å². The van der Waals surface area contributed by atoms with Crippen molar-refractivity contribution in [3.05, 3.63) is 39.0 Å². The molecule has 0 saturated carbocycles. The molecule has 0 aliphatic rings. The van der Waals surface area contributed by atoms with E-state index in [2.05, 4.69) is 10.3 Å².